The van der Waals surface area contributed by atoms with E-state index in [9.17, 15) is 8.42 Å². The zero-order valence-corrected chi connectivity index (χ0v) is 22.3. The molecule has 6 heteroatoms. The number of hydrogen-bond donors (Lipinski definition) is 1. The van der Waals surface area contributed by atoms with Crippen LogP contribution in [0.5, 0.6) is 0 Å². The highest BCUT2D eigenvalue weighted by molar-refractivity contribution is 7.85. The van der Waals surface area contributed by atoms with Gasteiger partial charge in [0.1, 0.15) is 0 Å². The third kappa shape index (κ3) is 7.56. The molecule has 4 rings (SSSR count). The summed E-state index contributed by atoms with van der Waals surface area (Å²) in [6.45, 7) is 4.03. The second-order valence-electron chi connectivity index (χ2n) is 8.35. The van der Waals surface area contributed by atoms with Crippen LogP contribution in [-0.2, 0) is 21.6 Å². The predicted octanol–water partition coefficient (Wildman–Crippen LogP) is 7.52. The summed E-state index contributed by atoms with van der Waals surface area (Å²) in [6, 6.07) is 30.4. The minimum Gasteiger partial charge on any atom is -0.362 e. The van der Waals surface area contributed by atoms with Crippen LogP contribution in [0.1, 0.15) is 11.1 Å². The first kappa shape index (κ1) is 26.2. The lowest BCUT2D eigenvalue weighted by molar-refractivity contribution is 0.682. The van der Waals surface area contributed by atoms with Crippen LogP contribution >= 0.6 is 0 Å². The molecule has 0 aromatic heterocycles. The number of aryl methyl sites for hydroxylation is 2. The molecule has 37 heavy (non-hydrogen) atoms. The van der Waals surface area contributed by atoms with Gasteiger partial charge >= 0.3 is 0 Å². The maximum Gasteiger partial charge on any atom is 0.0849 e. The molecule has 0 saturated carbocycles. The van der Waals surface area contributed by atoms with E-state index in [0.717, 1.165) is 42.1 Å². The molecular formula is C31H28N2O2S2. The molecule has 0 aliphatic carbocycles. The fraction of sp³-hybridized carbons (Fsp3) is 0.0645. The van der Waals surface area contributed by atoms with Crippen molar-refractivity contribution in [3.8, 4) is 0 Å². The lowest BCUT2D eigenvalue weighted by Gasteiger charge is -2.05. The number of aliphatic imine (C=N–C) groups is 1. The summed E-state index contributed by atoms with van der Waals surface area (Å²) in [4.78, 5) is 7.52. The second-order valence-corrected chi connectivity index (χ2v) is 11.3. The molecule has 0 unspecified atom stereocenters. The number of rotatable bonds is 9. The lowest BCUT2D eigenvalue weighted by Crippen LogP contribution is -1.94. The summed E-state index contributed by atoms with van der Waals surface area (Å²) in [5.74, 6) is 0. The van der Waals surface area contributed by atoms with Gasteiger partial charge in [-0.05, 0) is 98.8 Å². The topological polar surface area (TPSA) is 58.5 Å². The Hall–Kier alpha value is -3.87. The molecular weight excluding hydrogens is 496 g/mol. The van der Waals surface area contributed by atoms with Crippen molar-refractivity contribution in [1.82, 2.24) is 0 Å². The summed E-state index contributed by atoms with van der Waals surface area (Å²) >= 11 is 0. The van der Waals surface area contributed by atoms with Crippen molar-refractivity contribution in [2.75, 3.05) is 5.32 Å². The van der Waals surface area contributed by atoms with E-state index in [1.54, 1.807) is 6.21 Å². The van der Waals surface area contributed by atoms with Crippen LogP contribution in [-0.4, -0.2) is 14.6 Å². The molecule has 2 atom stereocenters. The average molecular weight is 525 g/mol. The van der Waals surface area contributed by atoms with E-state index in [0.29, 0.717) is 0 Å². The number of anilines is 1. The van der Waals surface area contributed by atoms with E-state index >= 15 is 0 Å². The molecule has 4 aromatic rings. The van der Waals surface area contributed by atoms with Gasteiger partial charge < -0.3 is 5.32 Å². The Morgan fingerprint density at radius 1 is 0.568 bits per heavy atom. The SMILES string of the molecule is Cc1ccc([S@@](=O)c2ccc(N=C/C=C/C=C/Nc3ccc([S@](=O)c4ccc(C)cc4)cc3)cc2)cc1. The summed E-state index contributed by atoms with van der Waals surface area (Å²) in [7, 11) is -2.39. The largest absolute Gasteiger partial charge is 0.362 e. The maximum atomic E-state index is 12.7. The summed E-state index contributed by atoms with van der Waals surface area (Å²) in [5.41, 5.74) is 3.99. The molecule has 0 saturated heterocycles. The van der Waals surface area contributed by atoms with Crippen molar-refractivity contribution < 1.29 is 8.42 Å². The van der Waals surface area contributed by atoms with Gasteiger partial charge in [0.15, 0.2) is 0 Å². The molecule has 0 fully saturated rings. The fourth-order valence-corrected chi connectivity index (χ4v) is 5.45. The number of allylic oxidation sites excluding steroid dienone is 3. The van der Waals surface area contributed by atoms with Crippen LogP contribution in [0.2, 0.25) is 0 Å². The van der Waals surface area contributed by atoms with Crippen LogP contribution in [0.15, 0.2) is 146 Å². The zero-order chi connectivity index (χ0) is 26.0. The van der Waals surface area contributed by atoms with Gasteiger partial charge in [0.25, 0.3) is 0 Å². The summed E-state index contributed by atoms with van der Waals surface area (Å²) < 4.78 is 25.4. The van der Waals surface area contributed by atoms with Crippen LogP contribution in [0.3, 0.4) is 0 Å². The Morgan fingerprint density at radius 2 is 1.00 bits per heavy atom. The van der Waals surface area contributed by atoms with Gasteiger partial charge in [-0.15, -0.1) is 0 Å². The molecule has 0 heterocycles. The maximum absolute atomic E-state index is 12.7. The minimum atomic E-state index is -1.20. The van der Waals surface area contributed by atoms with E-state index in [-0.39, 0.29) is 0 Å². The highest BCUT2D eigenvalue weighted by Crippen LogP contribution is 2.21. The van der Waals surface area contributed by atoms with Crippen molar-refractivity contribution >= 4 is 39.2 Å². The summed E-state index contributed by atoms with van der Waals surface area (Å²) in [5, 5.41) is 3.20. The fourth-order valence-electron chi connectivity index (χ4n) is 3.37. The van der Waals surface area contributed by atoms with Gasteiger partial charge in [0.2, 0.25) is 0 Å². The first-order valence-corrected chi connectivity index (χ1v) is 14.1. The van der Waals surface area contributed by atoms with Gasteiger partial charge in [-0.2, -0.15) is 0 Å². The quantitative estimate of drug-likeness (QED) is 0.182. The monoisotopic (exact) mass is 524 g/mol. The highest BCUT2D eigenvalue weighted by Gasteiger charge is 2.07. The number of nitrogens with one attached hydrogen (secondary N) is 1. The van der Waals surface area contributed by atoms with E-state index < -0.39 is 21.6 Å². The molecule has 1 N–H and O–H groups in total. The van der Waals surface area contributed by atoms with Gasteiger partial charge in [-0.3, -0.25) is 4.99 Å². The van der Waals surface area contributed by atoms with E-state index in [2.05, 4.69) is 10.3 Å². The molecule has 186 valence electrons. The number of nitrogens with zero attached hydrogens (tertiary/aromatic N) is 1. The predicted molar refractivity (Wildman–Crippen MR) is 155 cm³/mol. The zero-order valence-electron chi connectivity index (χ0n) is 20.7. The van der Waals surface area contributed by atoms with E-state index in [4.69, 9.17) is 0 Å². The molecule has 4 nitrogen and oxygen atoms in total. The second kappa shape index (κ2) is 12.9. The van der Waals surface area contributed by atoms with Crippen LogP contribution in [0, 0.1) is 13.8 Å². The third-order valence-electron chi connectivity index (χ3n) is 5.47. The molecule has 0 spiro atoms. The molecule has 0 aliphatic rings. The molecule has 0 bridgehead atoms. The summed E-state index contributed by atoms with van der Waals surface area (Å²) in [6.07, 6.45) is 9.12. The third-order valence-corrected chi connectivity index (χ3v) is 8.27. The lowest BCUT2D eigenvalue weighted by atomic mass is 10.2. The number of benzene rings is 4. The van der Waals surface area contributed by atoms with Crippen molar-refractivity contribution in [1.29, 1.82) is 0 Å². The van der Waals surface area contributed by atoms with Crippen LogP contribution in [0.25, 0.3) is 0 Å². The Labute approximate surface area is 223 Å². The molecule has 0 amide bonds. The Morgan fingerprint density at radius 3 is 1.49 bits per heavy atom. The smallest absolute Gasteiger partial charge is 0.0849 e. The Balaban J connectivity index is 1.25. The van der Waals surface area contributed by atoms with Crippen LogP contribution < -0.4 is 5.32 Å². The van der Waals surface area contributed by atoms with Crippen molar-refractivity contribution in [3.05, 3.63) is 133 Å². The first-order valence-electron chi connectivity index (χ1n) is 11.8. The minimum absolute atomic E-state index is 0.752. The molecule has 4 aromatic carbocycles. The first-order chi connectivity index (χ1) is 18.0. The van der Waals surface area contributed by atoms with Crippen molar-refractivity contribution in [3.63, 3.8) is 0 Å². The van der Waals surface area contributed by atoms with Crippen LogP contribution in [0.4, 0.5) is 11.4 Å². The standard InChI is InChI=1S/C31H28N2O2S2/c1-24-6-14-28(15-7-24)36(34)30-18-10-26(11-19-30)32-22-4-3-5-23-33-27-12-20-31(21-13-27)37(35)29-16-8-25(2)9-17-29/h3-23,32H,1-2H3/b5-3+,22-4+,33-23?/t36-,37-/m1/s1. The van der Waals surface area contributed by atoms with E-state index in [1.165, 1.54) is 0 Å². The Kier molecular flexibility index (Phi) is 9.13. The average Bonchev–Trinajstić information content (AvgIpc) is 2.93. The number of hydrogen-bond acceptors (Lipinski definition) is 4. The van der Waals surface area contributed by atoms with Gasteiger partial charge in [-0.25, -0.2) is 8.42 Å². The van der Waals surface area contributed by atoms with Gasteiger partial charge in [-0.1, -0.05) is 41.5 Å². The van der Waals surface area contributed by atoms with Gasteiger partial charge in [0.05, 0.1) is 27.3 Å². The molecule has 0 radical (unpaired) electrons. The normalized spacial score (nSPS) is 13.4. The highest BCUT2D eigenvalue weighted by atomic mass is 32.2. The van der Waals surface area contributed by atoms with Crippen molar-refractivity contribution in [2.24, 2.45) is 4.99 Å². The van der Waals surface area contributed by atoms with Crippen molar-refractivity contribution in [2.45, 2.75) is 33.4 Å². The Bertz CT molecular complexity index is 1450. The van der Waals surface area contributed by atoms with E-state index in [1.807, 2.05) is 135 Å². The molecule has 0 aliphatic heterocycles. The van der Waals surface area contributed by atoms with Gasteiger partial charge in [0, 0.05) is 37.7 Å².